The maximum Gasteiger partial charge on any atom is 0.298 e. The average Bonchev–Trinajstić information content (AvgIpc) is 2.49. The van der Waals surface area contributed by atoms with Crippen LogP contribution in [0.5, 0.6) is 6.01 Å². The number of pyridine rings is 1. The first kappa shape index (κ1) is 13.9. The third-order valence-corrected chi connectivity index (χ3v) is 3.56. The molecule has 3 aromatic rings. The lowest BCUT2D eigenvalue weighted by molar-refractivity contribution is 0.281. The van der Waals surface area contributed by atoms with Gasteiger partial charge in [-0.15, -0.1) is 0 Å². The number of ether oxygens (including phenoxy) is 1. The lowest BCUT2D eigenvalue weighted by Gasteiger charge is -2.06. The second kappa shape index (κ2) is 5.71. The number of halogens is 2. The number of benzene rings is 1. The molecule has 0 bridgehead atoms. The van der Waals surface area contributed by atoms with Crippen molar-refractivity contribution in [2.45, 2.75) is 6.61 Å². The number of fused-ring (bicyclic) bond motifs is 1. The van der Waals surface area contributed by atoms with Gasteiger partial charge in [-0.1, -0.05) is 29.3 Å². The zero-order valence-electron chi connectivity index (χ0n) is 10.6. The molecule has 0 atom stereocenters. The Morgan fingerprint density at radius 2 is 2.05 bits per heavy atom. The van der Waals surface area contributed by atoms with Crippen molar-refractivity contribution in [2.75, 3.05) is 0 Å². The summed E-state index contributed by atoms with van der Waals surface area (Å²) >= 11 is 11.8. The van der Waals surface area contributed by atoms with Crippen LogP contribution in [0.25, 0.3) is 11.0 Å². The van der Waals surface area contributed by atoms with Crippen molar-refractivity contribution in [3.63, 3.8) is 0 Å². The molecule has 7 heteroatoms. The standard InChI is InChI=1S/C14H9Cl2N3O2/c15-10-4-3-8(6-11(10)16)7-21-14-18-12-9(13(20)19-14)2-1-5-17-12/h1-6H,7H2,(H,17,18,19,20). The fourth-order valence-corrected chi connectivity index (χ4v) is 2.12. The zero-order chi connectivity index (χ0) is 14.8. The smallest absolute Gasteiger partial charge is 0.298 e. The summed E-state index contributed by atoms with van der Waals surface area (Å²) in [7, 11) is 0. The molecule has 0 aliphatic carbocycles. The number of aromatic nitrogens is 3. The van der Waals surface area contributed by atoms with Crippen molar-refractivity contribution in [1.29, 1.82) is 0 Å². The maximum absolute atomic E-state index is 11.9. The van der Waals surface area contributed by atoms with Gasteiger partial charge in [0.15, 0.2) is 5.65 Å². The molecule has 0 saturated heterocycles. The molecule has 2 heterocycles. The summed E-state index contributed by atoms with van der Waals surface area (Å²) in [5.74, 6) is 0. The minimum atomic E-state index is -0.294. The molecule has 0 spiro atoms. The second-order valence-corrected chi connectivity index (χ2v) is 5.10. The molecule has 0 fully saturated rings. The Morgan fingerprint density at radius 3 is 2.86 bits per heavy atom. The van der Waals surface area contributed by atoms with Crippen molar-refractivity contribution >= 4 is 34.2 Å². The molecule has 2 aromatic heterocycles. The summed E-state index contributed by atoms with van der Waals surface area (Å²) < 4.78 is 5.47. The third-order valence-electron chi connectivity index (χ3n) is 2.82. The summed E-state index contributed by atoms with van der Waals surface area (Å²) in [5.41, 5.74) is 0.857. The van der Waals surface area contributed by atoms with Crippen molar-refractivity contribution in [1.82, 2.24) is 15.0 Å². The van der Waals surface area contributed by atoms with Gasteiger partial charge in [-0.25, -0.2) is 4.98 Å². The highest BCUT2D eigenvalue weighted by molar-refractivity contribution is 6.42. The van der Waals surface area contributed by atoms with E-state index in [0.29, 0.717) is 21.1 Å². The molecule has 0 radical (unpaired) electrons. The van der Waals surface area contributed by atoms with Gasteiger partial charge in [-0.3, -0.25) is 9.78 Å². The zero-order valence-corrected chi connectivity index (χ0v) is 12.1. The quantitative estimate of drug-likeness (QED) is 0.804. The van der Waals surface area contributed by atoms with Crippen LogP contribution in [-0.2, 0) is 6.61 Å². The van der Waals surface area contributed by atoms with Crippen LogP contribution in [0.3, 0.4) is 0 Å². The van der Waals surface area contributed by atoms with Crippen molar-refractivity contribution in [3.8, 4) is 6.01 Å². The summed E-state index contributed by atoms with van der Waals surface area (Å²) in [5, 5.41) is 1.33. The number of nitrogens with one attached hydrogen (secondary N) is 1. The summed E-state index contributed by atoms with van der Waals surface area (Å²) in [6, 6.07) is 8.59. The topological polar surface area (TPSA) is 67.9 Å². The van der Waals surface area contributed by atoms with Crippen molar-refractivity contribution in [2.24, 2.45) is 0 Å². The lowest BCUT2D eigenvalue weighted by Crippen LogP contribution is -2.11. The van der Waals surface area contributed by atoms with E-state index in [2.05, 4.69) is 15.0 Å². The van der Waals surface area contributed by atoms with Gasteiger partial charge in [-0.2, -0.15) is 4.98 Å². The van der Waals surface area contributed by atoms with Gasteiger partial charge in [0.1, 0.15) is 6.61 Å². The van der Waals surface area contributed by atoms with Crippen LogP contribution in [0.2, 0.25) is 10.0 Å². The molecule has 3 rings (SSSR count). The summed E-state index contributed by atoms with van der Waals surface area (Å²) in [4.78, 5) is 22.6. The van der Waals surface area contributed by atoms with Crippen LogP contribution in [-0.4, -0.2) is 15.0 Å². The van der Waals surface area contributed by atoms with E-state index in [1.165, 1.54) is 0 Å². The molecule has 1 aromatic carbocycles. The number of hydrogen-bond acceptors (Lipinski definition) is 4. The SMILES string of the molecule is O=c1[nH]c(OCc2ccc(Cl)c(Cl)c2)nc2ncccc12. The predicted molar refractivity (Wildman–Crippen MR) is 81.0 cm³/mol. The highest BCUT2D eigenvalue weighted by Crippen LogP contribution is 2.23. The van der Waals surface area contributed by atoms with E-state index < -0.39 is 0 Å². The fraction of sp³-hybridized carbons (Fsp3) is 0.0714. The molecule has 0 aliphatic rings. The Bertz CT molecular complexity index is 864. The number of nitrogens with zero attached hydrogens (tertiary/aromatic N) is 2. The first-order chi connectivity index (χ1) is 10.1. The largest absolute Gasteiger partial charge is 0.460 e. The van der Waals surface area contributed by atoms with E-state index in [9.17, 15) is 4.79 Å². The third kappa shape index (κ3) is 2.99. The van der Waals surface area contributed by atoms with Gasteiger partial charge in [0.05, 0.1) is 15.4 Å². The Hall–Kier alpha value is -2.11. The first-order valence-electron chi connectivity index (χ1n) is 6.05. The van der Waals surface area contributed by atoms with Crippen LogP contribution in [0.15, 0.2) is 41.3 Å². The van der Waals surface area contributed by atoms with Crippen molar-refractivity contribution in [3.05, 3.63) is 62.5 Å². The molecule has 5 nitrogen and oxygen atoms in total. The fourth-order valence-electron chi connectivity index (χ4n) is 1.80. The minimum Gasteiger partial charge on any atom is -0.460 e. The Kier molecular flexibility index (Phi) is 3.77. The lowest BCUT2D eigenvalue weighted by atomic mass is 10.2. The summed E-state index contributed by atoms with van der Waals surface area (Å²) in [6.07, 6.45) is 1.57. The number of H-pyrrole nitrogens is 1. The molecule has 106 valence electrons. The van der Waals surface area contributed by atoms with Gasteiger partial charge in [-0.05, 0) is 29.8 Å². The molecule has 1 N–H and O–H groups in total. The molecule has 0 saturated carbocycles. The molecule has 0 aliphatic heterocycles. The van der Waals surface area contributed by atoms with E-state index >= 15 is 0 Å². The first-order valence-corrected chi connectivity index (χ1v) is 6.81. The van der Waals surface area contributed by atoms with Gasteiger partial charge in [0.25, 0.3) is 11.6 Å². The number of hydrogen-bond donors (Lipinski definition) is 1. The van der Waals surface area contributed by atoms with Gasteiger partial charge >= 0.3 is 0 Å². The Labute approximate surface area is 129 Å². The van der Waals surface area contributed by atoms with E-state index in [0.717, 1.165) is 5.56 Å². The predicted octanol–water partition coefficient (Wildman–Crippen LogP) is 3.20. The molecular weight excluding hydrogens is 313 g/mol. The van der Waals surface area contributed by atoms with Crippen LogP contribution >= 0.6 is 23.2 Å². The maximum atomic E-state index is 11.9. The Morgan fingerprint density at radius 1 is 1.19 bits per heavy atom. The number of aromatic amines is 1. The number of rotatable bonds is 3. The Balaban J connectivity index is 1.85. The van der Waals surface area contributed by atoms with Gasteiger partial charge in [0.2, 0.25) is 0 Å². The average molecular weight is 322 g/mol. The second-order valence-electron chi connectivity index (χ2n) is 4.28. The van der Waals surface area contributed by atoms with Crippen LogP contribution in [0.4, 0.5) is 0 Å². The van der Waals surface area contributed by atoms with E-state index in [-0.39, 0.29) is 18.2 Å². The van der Waals surface area contributed by atoms with Crippen molar-refractivity contribution < 1.29 is 4.74 Å². The highest BCUT2D eigenvalue weighted by atomic mass is 35.5. The van der Waals surface area contributed by atoms with Crippen LogP contribution < -0.4 is 10.3 Å². The van der Waals surface area contributed by atoms with Gasteiger partial charge in [0, 0.05) is 6.20 Å². The normalized spacial score (nSPS) is 10.8. The molecular formula is C14H9Cl2N3O2. The summed E-state index contributed by atoms with van der Waals surface area (Å²) in [6.45, 7) is 0.207. The van der Waals surface area contributed by atoms with E-state index in [4.69, 9.17) is 27.9 Å². The van der Waals surface area contributed by atoms with Crippen LogP contribution in [0, 0.1) is 0 Å². The minimum absolute atomic E-state index is 0.109. The molecule has 0 amide bonds. The van der Waals surface area contributed by atoms with Gasteiger partial charge < -0.3 is 4.74 Å². The molecule has 0 unspecified atom stereocenters. The highest BCUT2D eigenvalue weighted by Gasteiger charge is 2.06. The van der Waals surface area contributed by atoms with Crippen LogP contribution in [0.1, 0.15) is 5.56 Å². The van der Waals surface area contributed by atoms with E-state index in [1.807, 2.05) is 0 Å². The van der Waals surface area contributed by atoms with E-state index in [1.54, 1.807) is 36.5 Å². The molecule has 21 heavy (non-hydrogen) atoms. The monoisotopic (exact) mass is 321 g/mol.